The summed E-state index contributed by atoms with van der Waals surface area (Å²) in [6.07, 6.45) is 1.36. The number of hydrogen-bond acceptors (Lipinski definition) is 6. The first kappa shape index (κ1) is 27.7. The summed E-state index contributed by atoms with van der Waals surface area (Å²) in [4.78, 5) is 32.2. The highest BCUT2D eigenvalue weighted by Crippen LogP contribution is 2.26. The number of carbonyl (C=O) groups excluding carboxylic acids is 2. The maximum atomic E-state index is 14.1. The van der Waals surface area contributed by atoms with E-state index < -0.39 is 23.3 Å². The Kier molecular flexibility index (Phi) is 8.15. The molecule has 38 heavy (non-hydrogen) atoms. The normalized spacial score (nSPS) is 16.0. The van der Waals surface area contributed by atoms with Crippen LogP contribution in [0.25, 0.3) is 5.65 Å². The number of fused-ring (bicyclic) bond motifs is 1. The SMILES string of the molecule is Cc1cc(OCc2c(F)cccc2F)c2nc(C)c(C(=O)NCC3CSCCN3C(=O)OC(C)(C)C)n2c1. The third kappa shape index (κ3) is 6.20. The van der Waals surface area contributed by atoms with E-state index in [9.17, 15) is 18.4 Å². The monoisotopic (exact) mass is 546 g/mol. The van der Waals surface area contributed by atoms with Gasteiger partial charge in [-0.25, -0.2) is 18.6 Å². The molecule has 3 heterocycles. The van der Waals surface area contributed by atoms with Gasteiger partial charge in [-0.05, 0) is 58.4 Å². The van der Waals surface area contributed by atoms with Crippen molar-refractivity contribution in [3.05, 3.63) is 64.6 Å². The Labute approximate surface area is 224 Å². The molecule has 4 rings (SSSR count). The average Bonchev–Trinajstić information content (AvgIpc) is 3.17. The topological polar surface area (TPSA) is 85.2 Å². The van der Waals surface area contributed by atoms with Crippen LogP contribution in [0, 0.1) is 25.5 Å². The Morgan fingerprint density at radius 3 is 2.61 bits per heavy atom. The third-order valence-corrected chi connectivity index (χ3v) is 7.09. The summed E-state index contributed by atoms with van der Waals surface area (Å²) in [6.45, 7) is 9.45. The van der Waals surface area contributed by atoms with Crippen LogP contribution in [0.1, 0.15) is 48.1 Å². The Hall–Kier alpha value is -3.34. The number of hydrogen-bond donors (Lipinski definition) is 1. The Morgan fingerprint density at radius 2 is 1.92 bits per heavy atom. The van der Waals surface area contributed by atoms with Crippen molar-refractivity contribution in [2.75, 3.05) is 24.6 Å². The molecule has 1 unspecified atom stereocenters. The van der Waals surface area contributed by atoms with Crippen LogP contribution in [0.15, 0.2) is 30.5 Å². The summed E-state index contributed by atoms with van der Waals surface area (Å²) in [5, 5.41) is 2.94. The lowest BCUT2D eigenvalue weighted by molar-refractivity contribution is 0.0186. The van der Waals surface area contributed by atoms with Crippen LogP contribution >= 0.6 is 11.8 Å². The second kappa shape index (κ2) is 11.2. The third-order valence-electron chi connectivity index (χ3n) is 6.00. The van der Waals surface area contributed by atoms with E-state index in [1.54, 1.807) is 40.2 Å². The van der Waals surface area contributed by atoms with Crippen LogP contribution < -0.4 is 10.1 Å². The van der Waals surface area contributed by atoms with Crippen molar-refractivity contribution < 1.29 is 27.8 Å². The molecule has 1 atom stereocenters. The summed E-state index contributed by atoms with van der Waals surface area (Å²) < 4.78 is 41.1. The van der Waals surface area contributed by atoms with Crippen molar-refractivity contribution in [3.63, 3.8) is 0 Å². The fourth-order valence-electron chi connectivity index (χ4n) is 4.24. The largest absolute Gasteiger partial charge is 0.485 e. The van der Waals surface area contributed by atoms with Crippen molar-refractivity contribution >= 4 is 29.4 Å². The van der Waals surface area contributed by atoms with Gasteiger partial charge in [-0.15, -0.1) is 0 Å². The van der Waals surface area contributed by atoms with Crippen LogP contribution in [0.4, 0.5) is 13.6 Å². The van der Waals surface area contributed by atoms with E-state index in [2.05, 4.69) is 10.3 Å². The van der Waals surface area contributed by atoms with E-state index in [-0.39, 0.29) is 30.7 Å². The van der Waals surface area contributed by atoms with Crippen LogP contribution in [0.2, 0.25) is 0 Å². The molecule has 1 N–H and O–H groups in total. The zero-order valence-corrected chi connectivity index (χ0v) is 23.0. The van der Waals surface area contributed by atoms with Gasteiger partial charge < -0.3 is 19.7 Å². The molecule has 1 saturated heterocycles. The first-order valence-electron chi connectivity index (χ1n) is 12.3. The predicted octanol–water partition coefficient (Wildman–Crippen LogP) is 4.89. The van der Waals surface area contributed by atoms with Crippen LogP contribution in [0.3, 0.4) is 0 Å². The molecular formula is C27H32F2N4O4S. The summed E-state index contributed by atoms with van der Waals surface area (Å²) in [5.74, 6) is 0.0228. The van der Waals surface area contributed by atoms with Crippen molar-refractivity contribution in [3.8, 4) is 5.75 Å². The highest BCUT2D eigenvalue weighted by atomic mass is 32.2. The molecule has 1 aliphatic rings. The molecule has 1 aromatic carbocycles. The smallest absolute Gasteiger partial charge is 0.410 e. The lowest BCUT2D eigenvalue weighted by atomic mass is 10.2. The minimum Gasteiger partial charge on any atom is -0.485 e. The molecular weight excluding hydrogens is 514 g/mol. The van der Waals surface area contributed by atoms with E-state index in [0.29, 0.717) is 35.1 Å². The lowest BCUT2D eigenvalue weighted by Gasteiger charge is -2.36. The fourth-order valence-corrected chi connectivity index (χ4v) is 5.30. The first-order chi connectivity index (χ1) is 17.9. The summed E-state index contributed by atoms with van der Waals surface area (Å²) in [5.41, 5.74) is 1.12. The molecule has 1 aliphatic heterocycles. The molecule has 8 nitrogen and oxygen atoms in total. The summed E-state index contributed by atoms with van der Waals surface area (Å²) in [6, 6.07) is 5.12. The number of pyridine rings is 1. The number of halogens is 2. The Bertz CT molecular complexity index is 1330. The zero-order valence-electron chi connectivity index (χ0n) is 22.1. The van der Waals surface area contributed by atoms with Crippen LogP contribution in [-0.2, 0) is 11.3 Å². The number of aromatic nitrogens is 2. The van der Waals surface area contributed by atoms with Crippen LogP contribution in [-0.4, -0.2) is 62.5 Å². The number of ether oxygens (including phenoxy) is 2. The fraction of sp³-hybridized carbons (Fsp3) is 0.444. The van der Waals surface area contributed by atoms with E-state index in [1.165, 1.54) is 18.2 Å². The average molecular weight is 547 g/mol. The molecule has 0 bridgehead atoms. The molecule has 0 spiro atoms. The Morgan fingerprint density at radius 1 is 1.21 bits per heavy atom. The number of aryl methyl sites for hydroxylation is 2. The Balaban J connectivity index is 1.53. The van der Waals surface area contributed by atoms with Gasteiger partial charge in [0, 0.05) is 30.8 Å². The summed E-state index contributed by atoms with van der Waals surface area (Å²) in [7, 11) is 0. The second-order valence-corrected chi connectivity index (χ2v) is 11.4. The number of carbonyl (C=O) groups is 2. The molecule has 1 fully saturated rings. The first-order valence-corrected chi connectivity index (χ1v) is 13.5. The van der Waals surface area contributed by atoms with E-state index in [1.807, 2.05) is 27.7 Å². The van der Waals surface area contributed by atoms with Gasteiger partial charge in [-0.3, -0.25) is 9.20 Å². The quantitative estimate of drug-likeness (QED) is 0.474. The zero-order chi connectivity index (χ0) is 27.6. The maximum absolute atomic E-state index is 14.1. The minimum absolute atomic E-state index is 0.187. The predicted molar refractivity (Wildman–Crippen MR) is 142 cm³/mol. The van der Waals surface area contributed by atoms with E-state index in [0.717, 1.165) is 11.3 Å². The molecule has 0 saturated carbocycles. The molecule has 2 aromatic heterocycles. The van der Waals surface area contributed by atoms with Crippen molar-refractivity contribution in [2.24, 2.45) is 0 Å². The van der Waals surface area contributed by atoms with Gasteiger partial charge in [0.2, 0.25) is 0 Å². The van der Waals surface area contributed by atoms with Gasteiger partial charge in [0.25, 0.3) is 5.91 Å². The number of amides is 2. The van der Waals surface area contributed by atoms with Crippen LogP contribution in [0.5, 0.6) is 5.75 Å². The number of imidazole rings is 1. The maximum Gasteiger partial charge on any atom is 0.410 e. The van der Waals surface area contributed by atoms with Gasteiger partial charge in [-0.2, -0.15) is 11.8 Å². The van der Waals surface area contributed by atoms with Gasteiger partial charge in [0.15, 0.2) is 11.4 Å². The van der Waals surface area contributed by atoms with Crippen molar-refractivity contribution in [2.45, 2.75) is 52.9 Å². The number of benzene rings is 1. The van der Waals surface area contributed by atoms with Crippen molar-refractivity contribution in [1.82, 2.24) is 19.6 Å². The molecule has 204 valence electrons. The molecule has 2 amide bonds. The van der Waals surface area contributed by atoms with Gasteiger partial charge in [0.05, 0.1) is 17.3 Å². The number of thioether (sulfide) groups is 1. The highest BCUT2D eigenvalue weighted by molar-refractivity contribution is 7.99. The second-order valence-electron chi connectivity index (χ2n) is 10.2. The van der Waals surface area contributed by atoms with Crippen molar-refractivity contribution in [1.29, 1.82) is 0 Å². The minimum atomic E-state index is -0.699. The lowest BCUT2D eigenvalue weighted by Crippen LogP contribution is -2.52. The molecule has 0 aliphatic carbocycles. The van der Waals surface area contributed by atoms with Gasteiger partial charge >= 0.3 is 6.09 Å². The van der Waals surface area contributed by atoms with Gasteiger partial charge in [-0.1, -0.05) is 6.07 Å². The van der Waals surface area contributed by atoms with E-state index in [4.69, 9.17) is 9.47 Å². The molecule has 11 heteroatoms. The van der Waals surface area contributed by atoms with E-state index >= 15 is 0 Å². The number of nitrogens with one attached hydrogen (secondary N) is 1. The number of nitrogens with zero attached hydrogens (tertiary/aromatic N) is 3. The highest BCUT2D eigenvalue weighted by Gasteiger charge is 2.31. The molecule has 3 aromatic rings. The number of rotatable bonds is 6. The van der Waals surface area contributed by atoms with Gasteiger partial charge in [0.1, 0.15) is 29.5 Å². The molecule has 0 radical (unpaired) electrons. The summed E-state index contributed by atoms with van der Waals surface area (Å²) >= 11 is 1.72. The standard InChI is InChI=1S/C27H32F2N4O4S/c1-16-11-22(36-14-19-20(28)7-6-8-21(19)29)24-31-17(2)23(33(24)13-16)25(34)30-12-18-15-38-10-9-32(18)26(35)37-27(3,4)5/h6-8,11,13,18H,9-10,12,14-15H2,1-5H3,(H,30,34).